The van der Waals surface area contributed by atoms with Crippen molar-refractivity contribution in [2.24, 2.45) is 0 Å². The Morgan fingerprint density at radius 2 is 1.71 bits per heavy atom. The second-order valence-corrected chi connectivity index (χ2v) is 7.08. The van der Waals surface area contributed by atoms with Gasteiger partial charge in [-0.3, -0.25) is 4.98 Å². The summed E-state index contributed by atoms with van der Waals surface area (Å²) in [6.45, 7) is 0. The van der Waals surface area contributed by atoms with Crippen LogP contribution in [0.5, 0.6) is 17.2 Å². The van der Waals surface area contributed by atoms with Gasteiger partial charge in [0.25, 0.3) is 0 Å². The number of rotatable bonds is 6. The Kier molecular flexibility index (Phi) is 5.04. The minimum absolute atomic E-state index is 0.654. The Labute approximate surface area is 167 Å². The fourth-order valence-corrected chi connectivity index (χ4v) is 3.83. The molecule has 0 bridgehead atoms. The average Bonchev–Trinajstić information content (AvgIpc) is 3.27. The standard InChI is InChI=1S/C22H20N2O3S/c1-25-16-10-14(22-5-4-8-28-22)9-15(11-16)24-18-6-7-23-19-13-21(27-3)20(26-2)12-17(18)19/h4-13H,1-3H3,(H,23,24). The minimum Gasteiger partial charge on any atom is -0.497 e. The Balaban J connectivity index is 1.79. The molecule has 28 heavy (non-hydrogen) atoms. The van der Waals surface area contributed by atoms with Gasteiger partial charge in [0.15, 0.2) is 11.5 Å². The highest BCUT2D eigenvalue weighted by molar-refractivity contribution is 7.13. The number of methoxy groups -OCH3 is 3. The second-order valence-electron chi connectivity index (χ2n) is 6.14. The molecule has 0 saturated heterocycles. The van der Waals surface area contributed by atoms with E-state index in [-0.39, 0.29) is 0 Å². The molecule has 0 fully saturated rings. The topological polar surface area (TPSA) is 52.6 Å². The van der Waals surface area contributed by atoms with Crippen molar-refractivity contribution in [1.82, 2.24) is 4.98 Å². The van der Waals surface area contributed by atoms with E-state index in [1.54, 1.807) is 38.9 Å². The molecule has 0 spiro atoms. The first-order chi connectivity index (χ1) is 13.7. The molecule has 2 heterocycles. The first-order valence-corrected chi connectivity index (χ1v) is 9.60. The third-order valence-corrected chi connectivity index (χ3v) is 5.39. The molecule has 0 radical (unpaired) electrons. The summed E-state index contributed by atoms with van der Waals surface area (Å²) in [4.78, 5) is 5.65. The molecule has 4 aromatic rings. The van der Waals surface area contributed by atoms with Gasteiger partial charge >= 0.3 is 0 Å². The number of nitrogens with one attached hydrogen (secondary N) is 1. The highest BCUT2D eigenvalue weighted by Crippen LogP contribution is 2.37. The van der Waals surface area contributed by atoms with Crippen LogP contribution in [0, 0.1) is 0 Å². The Morgan fingerprint density at radius 3 is 2.43 bits per heavy atom. The van der Waals surface area contributed by atoms with Crippen LogP contribution in [0.4, 0.5) is 11.4 Å². The summed E-state index contributed by atoms with van der Waals surface area (Å²) in [6, 6.07) is 16.0. The molecule has 0 aliphatic rings. The number of fused-ring (bicyclic) bond motifs is 1. The van der Waals surface area contributed by atoms with Gasteiger partial charge in [0.1, 0.15) is 5.75 Å². The molecule has 4 rings (SSSR count). The SMILES string of the molecule is COc1cc(Nc2ccnc3cc(OC)c(OC)cc23)cc(-c2cccs2)c1. The van der Waals surface area contributed by atoms with E-state index in [0.29, 0.717) is 11.5 Å². The molecule has 0 aliphatic heterocycles. The van der Waals surface area contributed by atoms with E-state index >= 15 is 0 Å². The maximum atomic E-state index is 5.50. The lowest BCUT2D eigenvalue weighted by Crippen LogP contribution is -1.96. The monoisotopic (exact) mass is 392 g/mol. The predicted molar refractivity (Wildman–Crippen MR) is 114 cm³/mol. The van der Waals surface area contributed by atoms with Crippen LogP contribution in [0.2, 0.25) is 0 Å². The van der Waals surface area contributed by atoms with Crippen LogP contribution in [0.1, 0.15) is 0 Å². The number of pyridine rings is 1. The molecule has 2 aromatic heterocycles. The zero-order valence-electron chi connectivity index (χ0n) is 15.9. The van der Waals surface area contributed by atoms with Gasteiger partial charge in [-0.05, 0) is 41.3 Å². The van der Waals surface area contributed by atoms with E-state index in [1.807, 2.05) is 36.4 Å². The molecule has 2 aromatic carbocycles. The van der Waals surface area contributed by atoms with Crippen molar-refractivity contribution in [3.63, 3.8) is 0 Å². The summed E-state index contributed by atoms with van der Waals surface area (Å²) < 4.78 is 16.3. The Bertz CT molecular complexity index is 1110. The van der Waals surface area contributed by atoms with Crippen molar-refractivity contribution in [2.75, 3.05) is 26.6 Å². The zero-order valence-corrected chi connectivity index (χ0v) is 16.7. The molecule has 6 heteroatoms. The van der Waals surface area contributed by atoms with Gasteiger partial charge in [-0.25, -0.2) is 0 Å². The molecule has 0 saturated carbocycles. The van der Waals surface area contributed by atoms with Gasteiger partial charge in [0.2, 0.25) is 0 Å². The normalized spacial score (nSPS) is 10.7. The number of ether oxygens (including phenoxy) is 3. The van der Waals surface area contributed by atoms with Crippen LogP contribution in [-0.4, -0.2) is 26.3 Å². The summed E-state index contributed by atoms with van der Waals surface area (Å²) >= 11 is 1.70. The molecular formula is C22H20N2O3S. The van der Waals surface area contributed by atoms with Gasteiger partial charge < -0.3 is 19.5 Å². The summed E-state index contributed by atoms with van der Waals surface area (Å²) in [5.74, 6) is 2.11. The van der Waals surface area contributed by atoms with Crippen molar-refractivity contribution in [3.05, 3.63) is 60.1 Å². The lowest BCUT2D eigenvalue weighted by atomic mass is 10.1. The number of thiophene rings is 1. The third-order valence-electron chi connectivity index (χ3n) is 4.47. The van der Waals surface area contributed by atoms with Crippen LogP contribution < -0.4 is 19.5 Å². The molecule has 0 unspecified atom stereocenters. The van der Waals surface area contributed by atoms with E-state index in [9.17, 15) is 0 Å². The van der Waals surface area contributed by atoms with Crippen LogP contribution in [0.15, 0.2) is 60.1 Å². The Morgan fingerprint density at radius 1 is 0.893 bits per heavy atom. The lowest BCUT2D eigenvalue weighted by Gasteiger charge is -2.14. The number of hydrogen-bond donors (Lipinski definition) is 1. The van der Waals surface area contributed by atoms with Crippen LogP contribution >= 0.6 is 11.3 Å². The van der Waals surface area contributed by atoms with Gasteiger partial charge in [-0.1, -0.05) is 6.07 Å². The largest absolute Gasteiger partial charge is 0.497 e. The molecule has 0 amide bonds. The predicted octanol–water partition coefficient (Wildman–Crippen LogP) is 5.73. The van der Waals surface area contributed by atoms with E-state index < -0.39 is 0 Å². The average molecular weight is 392 g/mol. The van der Waals surface area contributed by atoms with Crippen molar-refractivity contribution in [1.29, 1.82) is 0 Å². The van der Waals surface area contributed by atoms with E-state index in [0.717, 1.165) is 33.6 Å². The summed E-state index contributed by atoms with van der Waals surface area (Å²) in [5.41, 5.74) is 3.79. The summed E-state index contributed by atoms with van der Waals surface area (Å²) in [6.07, 6.45) is 1.77. The van der Waals surface area contributed by atoms with Gasteiger partial charge in [-0.15, -0.1) is 11.3 Å². The lowest BCUT2D eigenvalue weighted by molar-refractivity contribution is 0.356. The second kappa shape index (κ2) is 7.78. The number of anilines is 2. The highest BCUT2D eigenvalue weighted by atomic mass is 32.1. The quantitative estimate of drug-likeness (QED) is 0.454. The van der Waals surface area contributed by atoms with Crippen molar-refractivity contribution < 1.29 is 14.2 Å². The smallest absolute Gasteiger partial charge is 0.162 e. The molecule has 0 atom stereocenters. The first kappa shape index (κ1) is 18.1. The maximum absolute atomic E-state index is 5.50. The highest BCUT2D eigenvalue weighted by Gasteiger charge is 2.11. The van der Waals surface area contributed by atoms with Crippen LogP contribution in [0.3, 0.4) is 0 Å². The number of benzene rings is 2. The molecule has 5 nitrogen and oxygen atoms in total. The molecule has 0 aliphatic carbocycles. The summed E-state index contributed by atoms with van der Waals surface area (Å²) in [5, 5.41) is 6.51. The molecular weight excluding hydrogens is 372 g/mol. The van der Waals surface area contributed by atoms with E-state index in [4.69, 9.17) is 14.2 Å². The minimum atomic E-state index is 0.654. The zero-order chi connectivity index (χ0) is 19.5. The molecule has 1 N–H and O–H groups in total. The number of aromatic nitrogens is 1. The van der Waals surface area contributed by atoms with Crippen molar-refractivity contribution >= 4 is 33.6 Å². The first-order valence-electron chi connectivity index (χ1n) is 8.72. The van der Waals surface area contributed by atoms with E-state index in [2.05, 4.69) is 27.8 Å². The van der Waals surface area contributed by atoms with E-state index in [1.165, 1.54) is 4.88 Å². The summed E-state index contributed by atoms with van der Waals surface area (Å²) in [7, 11) is 4.92. The fourth-order valence-electron chi connectivity index (χ4n) is 3.11. The van der Waals surface area contributed by atoms with Crippen molar-refractivity contribution in [3.8, 4) is 27.7 Å². The fraction of sp³-hybridized carbons (Fsp3) is 0.136. The number of nitrogens with zero attached hydrogens (tertiary/aromatic N) is 1. The molecule has 142 valence electrons. The van der Waals surface area contributed by atoms with Crippen LogP contribution in [0.25, 0.3) is 21.3 Å². The Hall–Kier alpha value is -3.25. The van der Waals surface area contributed by atoms with Gasteiger partial charge in [0.05, 0.1) is 26.8 Å². The van der Waals surface area contributed by atoms with Crippen molar-refractivity contribution in [2.45, 2.75) is 0 Å². The van der Waals surface area contributed by atoms with Gasteiger partial charge in [0, 0.05) is 40.0 Å². The maximum Gasteiger partial charge on any atom is 0.162 e. The van der Waals surface area contributed by atoms with Gasteiger partial charge in [-0.2, -0.15) is 0 Å². The van der Waals surface area contributed by atoms with Crippen LogP contribution in [-0.2, 0) is 0 Å². The number of hydrogen-bond acceptors (Lipinski definition) is 6. The third kappa shape index (κ3) is 3.46.